The maximum absolute atomic E-state index is 14.1. The molecule has 136 valence electrons. The molecule has 0 saturated heterocycles. The molecule has 3 aromatic rings. The van der Waals surface area contributed by atoms with E-state index in [0.717, 1.165) is 28.4 Å². The van der Waals surface area contributed by atoms with Crippen LogP contribution >= 0.6 is 11.3 Å². The van der Waals surface area contributed by atoms with E-state index in [0.29, 0.717) is 11.2 Å². The Morgan fingerprint density at radius 1 is 1.08 bits per heavy atom. The lowest BCUT2D eigenvalue weighted by molar-refractivity contribution is -0.856. The normalized spacial score (nSPS) is 11.3. The number of quaternary nitrogens is 1. The first-order chi connectivity index (χ1) is 12.4. The summed E-state index contributed by atoms with van der Waals surface area (Å²) in [4.78, 5) is 19.3. The molecule has 0 saturated carbocycles. The zero-order chi connectivity index (χ0) is 18.8. The number of likely N-dealkylation sites (N-methyl/N-ethyl adjacent to an activating group) is 1. The van der Waals surface area contributed by atoms with Gasteiger partial charge in [-0.05, 0) is 24.3 Å². The van der Waals surface area contributed by atoms with E-state index in [2.05, 4.69) is 4.98 Å². The number of benzene rings is 2. The van der Waals surface area contributed by atoms with Gasteiger partial charge in [0.25, 0.3) is 5.91 Å². The molecular weight excluding hydrogens is 363 g/mol. The van der Waals surface area contributed by atoms with Crippen LogP contribution in [0.3, 0.4) is 0 Å². The third-order valence-corrected chi connectivity index (χ3v) is 4.89. The first-order valence-electron chi connectivity index (χ1n) is 7.98. The number of nitrogens with one attached hydrogen (secondary N) is 1. The van der Waals surface area contributed by atoms with E-state index in [4.69, 9.17) is 0 Å². The number of carbonyl (C=O) groups excluding carboxylic acids is 1. The molecule has 0 unspecified atom stereocenters. The summed E-state index contributed by atoms with van der Waals surface area (Å²) in [7, 11) is 3.79. The van der Waals surface area contributed by atoms with Gasteiger partial charge in [-0.3, -0.25) is 9.69 Å². The van der Waals surface area contributed by atoms with Gasteiger partial charge in [-0.2, -0.15) is 0 Å². The Bertz CT molecular complexity index is 938. The maximum Gasteiger partial charge on any atom is 0.266 e. The quantitative estimate of drug-likeness (QED) is 0.739. The van der Waals surface area contributed by atoms with Crippen molar-refractivity contribution in [1.29, 1.82) is 0 Å². The molecule has 0 aliphatic rings. The van der Waals surface area contributed by atoms with E-state index >= 15 is 0 Å². The number of rotatable bonds is 5. The van der Waals surface area contributed by atoms with E-state index in [9.17, 15) is 18.0 Å². The number of halogens is 3. The van der Waals surface area contributed by atoms with E-state index in [1.54, 1.807) is 12.1 Å². The van der Waals surface area contributed by atoms with Crippen LogP contribution in [0.15, 0.2) is 36.4 Å². The van der Waals surface area contributed by atoms with Crippen molar-refractivity contribution < 1.29 is 22.9 Å². The number of thiazole rings is 1. The van der Waals surface area contributed by atoms with Crippen LogP contribution in [0.5, 0.6) is 0 Å². The molecule has 26 heavy (non-hydrogen) atoms. The second-order valence-electron chi connectivity index (χ2n) is 6.09. The molecule has 1 aromatic heterocycles. The van der Waals surface area contributed by atoms with Crippen LogP contribution in [0, 0.1) is 17.5 Å². The second kappa shape index (κ2) is 7.43. The van der Waals surface area contributed by atoms with Crippen LogP contribution in [0.25, 0.3) is 10.2 Å². The number of amides is 1. The summed E-state index contributed by atoms with van der Waals surface area (Å²) >= 11 is 1.11. The number of fused-ring (bicyclic) bond motifs is 1. The molecule has 2 aromatic carbocycles. The van der Waals surface area contributed by atoms with Crippen LogP contribution in [0.4, 0.5) is 18.3 Å². The fraction of sp³-hybridized carbons (Fsp3) is 0.222. The minimum atomic E-state index is -0.940. The van der Waals surface area contributed by atoms with Gasteiger partial charge in [0.15, 0.2) is 5.13 Å². The highest BCUT2D eigenvalue weighted by atomic mass is 32.1. The van der Waals surface area contributed by atoms with Crippen LogP contribution in [0.1, 0.15) is 10.4 Å². The highest BCUT2D eigenvalue weighted by Crippen LogP contribution is 2.31. The molecule has 1 N–H and O–H groups in total. The Morgan fingerprint density at radius 3 is 2.31 bits per heavy atom. The number of nitrogens with zero attached hydrogens (tertiary/aromatic N) is 2. The van der Waals surface area contributed by atoms with E-state index < -0.39 is 28.9 Å². The number of carbonyl (C=O) groups is 1. The highest BCUT2D eigenvalue weighted by molar-refractivity contribution is 7.22. The zero-order valence-corrected chi connectivity index (χ0v) is 15.0. The van der Waals surface area contributed by atoms with Crippen LogP contribution in [-0.4, -0.2) is 38.1 Å². The van der Waals surface area contributed by atoms with Gasteiger partial charge >= 0.3 is 0 Å². The molecular formula is C18H17F3N3OS+. The summed E-state index contributed by atoms with van der Waals surface area (Å²) in [5.74, 6) is -3.22. The van der Waals surface area contributed by atoms with Crippen molar-refractivity contribution in [3.63, 3.8) is 0 Å². The smallest absolute Gasteiger partial charge is 0.266 e. The van der Waals surface area contributed by atoms with Crippen LogP contribution in [0.2, 0.25) is 0 Å². The average molecular weight is 380 g/mol. The Labute approximate surface area is 152 Å². The Hall–Kier alpha value is -2.45. The Kier molecular flexibility index (Phi) is 5.24. The number of anilines is 1. The van der Waals surface area contributed by atoms with Crippen LogP contribution < -0.4 is 9.80 Å². The standard InChI is InChI=1S/C18H16F3N3OS/c1-23(2)9-10-24(17(25)15-11(19)5-3-6-12(15)20)18-22-16-13(21)7-4-8-14(16)26-18/h3-8H,9-10H2,1-2H3/p+1. The molecule has 0 fully saturated rings. The lowest BCUT2D eigenvalue weighted by Crippen LogP contribution is -3.06. The van der Waals surface area contributed by atoms with Crippen LogP contribution in [-0.2, 0) is 0 Å². The summed E-state index contributed by atoms with van der Waals surface area (Å²) in [6.07, 6.45) is 0. The van der Waals surface area contributed by atoms with Crippen molar-refractivity contribution in [3.05, 3.63) is 59.4 Å². The summed E-state index contributed by atoms with van der Waals surface area (Å²) in [6.45, 7) is 0.719. The van der Waals surface area contributed by atoms with Crippen molar-refractivity contribution in [2.45, 2.75) is 0 Å². The topological polar surface area (TPSA) is 37.6 Å². The van der Waals surface area contributed by atoms with Crippen molar-refractivity contribution in [2.24, 2.45) is 0 Å². The number of aromatic nitrogens is 1. The molecule has 0 atom stereocenters. The van der Waals surface area contributed by atoms with Gasteiger partial charge in [-0.25, -0.2) is 18.2 Å². The molecule has 1 amide bonds. The summed E-state index contributed by atoms with van der Waals surface area (Å²) < 4.78 is 42.7. The van der Waals surface area contributed by atoms with Gasteiger partial charge in [0.1, 0.15) is 28.5 Å². The third kappa shape index (κ3) is 3.56. The van der Waals surface area contributed by atoms with Gasteiger partial charge in [-0.15, -0.1) is 0 Å². The molecule has 3 rings (SSSR count). The second-order valence-corrected chi connectivity index (χ2v) is 7.10. The number of para-hydroxylation sites is 1. The molecule has 0 aliphatic heterocycles. The van der Waals surface area contributed by atoms with Crippen molar-refractivity contribution in [2.75, 3.05) is 32.1 Å². The summed E-state index contributed by atoms with van der Waals surface area (Å²) in [6, 6.07) is 7.77. The Balaban J connectivity index is 2.06. The monoisotopic (exact) mass is 380 g/mol. The lowest BCUT2D eigenvalue weighted by Gasteiger charge is -2.21. The fourth-order valence-corrected chi connectivity index (χ4v) is 3.48. The molecule has 0 bridgehead atoms. The largest absolute Gasteiger partial charge is 0.338 e. The third-order valence-electron chi connectivity index (χ3n) is 3.85. The number of hydrogen-bond donors (Lipinski definition) is 1. The average Bonchev–Trinajstić information content (AvgIpc) is 3.00. The minimum absolute atomic E-state index is 0.136. The molecule has 0 radical (unpaired) electrons. The minimum Gasteiger partial charge on any atom is -0.338 e. The van der Waals surface area contributed by atoms with Gasteiger partial charge in [0, 0.05) is 0 Å². The predicted molar refractivity (Wildman–Crippen MR) is 95.3 cm³/mol. The SMILES string of the molecule is C[NH+](C)CCN(C(=O)c1c(F)cccc1F)c1nc2c(F)cccc2s1. The molecule has 0 spiro atoms. The first-order valence-corrected chi connectivity index (χ1v) is 8.80. The van der Waals surface area contributed by atoms with Gasteiger partial charge < -0.3 is 4.90 Å². The van der Waals surface area contributed by atoms with E-state index in [-0.39, 0.29) is 17.2 Å². The molecule has 0 aliphatic carbocycles. The lowest BCUT2D eigenvalue weighted by atomic mass is 10.1. The van der Waals surface area contributed by atoms with E-state index in [1.807, 2.05) is 14.1 Å². The zero-order valence-electron chi connectivity index (χ0n) is 14.2. The van der Waals surface area contributed by atoms with Crippen molar-refractivity contribution in [1.82, 2.24) is 4.98 Å². The van der Waals surface area contributed by atoms with Gasteiger partial charge in [0.05, 0.1) is 31.9 Å². The van der Waals surface area contributed by atoms with Gasteiger partial charge in [-0.1, -0.05) is 23.5 Å². The van der Waals surface area contributed by atoms with E-state index in [1.165, 1.54) is 17.0 Å². The summed E-state index contributed by atoms with van der Waals surface area (Å²) in [5, 5.41) is 0.207. The maximum atomic E-state index is 14.1. The summed E-state index contributed by atoms with van der Waals surface area (Å²) in [5.41, 5.74) is -0.502. The predicted octanol–water partition coefficient (Wildman–Crippen LogP) is 2.50. The highest BCUT2D eigenvalue weighted by Gasteiger charge is 2.27. The van der Waals surface area contributed by atoms with Gasteiger partial charge in [0.2, 0.25) is 0 Å². The molecule has 8 heteroatoms. The Morgan fingerprint density at radius 2 is 1.69 bits per heavy atom. The fourth-order valence-electron chi connectivity index (χ4n) is 2.48. The number of hydrogen-bond acceptors (Lipinski definition) is 3. The molecule has 4 nitrogen and oxygen atoms in total. The first kappa shape index (κ1) is 18.3. The molecule has 1 heterocycles. The van der Waals surface area contributed by atoms with Crippen molar-refractivity contribution in [3.8, 4) is 0 Å². The van der Waals surface area contributed by atoms with Crippen molar-refractivity contribution >= 4 is 32.6 Å².